The third-order valence-corrected chi connectivity index (χ3v) is 64.3. The van der Waals surface area contributed by atoms with Gasteiger partial charge < -0.3 is 0 Å². The average Bonchev–Trinajstić information content (AvgIpc) is 2.03. The van der Waals surface area contributed by atoms with Gasteiger partial charge in [0.1, 0.15) is 0 Å². The summed E-state index contributed by atoms with van der Waals surface area (Å²) in [5.74, 6) is 1.60. The van der Waals surface area contributed by atoms with Gasteiger partial charge in [0.05, 0.1) is 5.37 Å². The van der Waals surface area contributed by atoms with Crippen molar-refractivity contribution in [3.05, 3.63) is 0 Å². The Morgan fingerprint density at radius 2 is 1.67 bits per heavy atom. The van der Waals surface area contributed by atoms with Crippen molar-refractivity contribution in [2.75, 3.05) is 0 Å². The van der Waals surface area contributed by atoms with Crippen LogP contribution in [0.15, 0.2) is 0 Å². The Labute approximate surface area is 44.8 Å². The molecule has 0 aromatic carbocycles. The molecule has 0 spiro atoms. The van der Waals surface area contributed by atoms with E-state index < -0.39 is 0 Å². The second-order valence-electron chi connectivity index (χ2n) is 1.17. The Morgan fingerprint density at radius 1 is 1.00 bits per heavy atom. The highest BCUT2D eigenvalue weighted by atomic mass is 33.5. The molecule has 0 saturated carbocycles. The number of rotatable bonds is 0. The Balaban J connectivity index is 3.32. The van der Waals surface area contributed by atoms with Crippen LogP contribution in [0.2, 0.25) is 0 Å². The van der Waals surface area contributed by atoms with Crippen LogP contribution >= 0.6 is 44.6 Å². The van der Waals surface area contributed by atoms with E-state index in [4.69, 9.17) is 0 Å². The first-order valence-corrected chi connectivity index (χ1v) is 13.8. The number of hydrogen-bond acceptors (Lipinski definition) is 2. The molecule has 6 heteroatoms. The highest BCUT2D eigenvalue weighted by Crippen LogP contribution is 3.06. The van der Waals surface area contributed by atoms with Gasteiger partial charge in [-0.05, 0) is 0 Å². The maximum Gasteiger partial charge on any atom is 0.0555 e. The van der Waals surface area contributed by atoms with E-state index in [2.05, 4.69) is 21.1 Å². The lowest BCUT2D eigenvalue weighted by atomic mass is 29.4. The maximum atomic E-state index is 2.38. The van der Waals surface area contributed by atoms with Crippen molar-refractivity contribution in [2.24, 2.45) is 0 Å². The molecule has 0 fully saturated rings. The first-order chi connectivity index (χ1) is 2.97. The van der Waals surface area contributed by atoms with Crippen LogP contribution in [0.3, 0.4) is 0 Å². The predicted molar refractivity (Wildman–Crippen MR) is 41.1 cm³/mol. The topological polar surface area (TPSA) is 0 Å². The van der Waals surface area contributed by atoms with Gasteiger partial charge in [-0.2, -0.15) is 0 Å². The molecule has 0 saturated heterocycles. The van der Waals surface area contributed by atoms with Crippen molar-refractivity contribution in [2.45, 2.75) is 0 Å². The third-order valence-electron chi connectivity index (χ3n) is 0.854. The second-order valence-corrected chi connectivity index (χ2v) is 31.7. The fourth-order valence-corrected chi connectivity index (χ4v) is 110. The first-order valence-electron chi connectivity index (χ1n) is 1.53. The molecule has 0 nitrogen and oxygen atoms in total. The van der Waals surface area contributed by atoms with E-state index in [0.29, 0.717) is 5.37 Å². The molecule has 0 aliphatic heterocycles. The highest BCUT2D eigenvalue weighted by molar-refractivity contribution is 9.12. The van der Waals surface area contributed by atoms with Gasteiger partial charge in [-0.15, -0.1) is 0 Å². The van der Waals surface area contributed by atoms with Gasteiger partial charge in [-0.3, -0.25) is 0 Å². The fourth-order valence-electron chi connectivity index (χ4n) is 0.501. The van der Waals surface area contributed by atoms with E-state index in [-0.39, 0.29) is 0 Å². The smallest absolute Gasteiger partial charge is 0.0555 e. The molecule has 0 bridgehead atoms. The van der Waals surface area contributed by atoms with Crippen molar-refractivity contribution < 1.29 is 0 Å². The molecule has 0 radical (unpaired) electrons. The zero-order valence-corrected chi connectivity index (χ0v) is 7.82. The summed E-state index contributed by atoms with van der Waals surface area (Å²) in [5, 5.41) is 0.694. The lowest BCUT2D eigenvalue weighted by Gasteiger charge is -1.80. The second kappa shape index (κ2) is 0.863. The number of fused-ring (bicyclic) bond motifs is 1. The van der Waals surface area contributed by atoms with Gasteiger partial charge in [-0.25, -0.2) is 0 Å². The van der Waals surface area contributed by atoms with E-state index in [1.165, 1.54) is 0 Å². The minimum absolute atomic E-state index is 0.694. The van der Waals surface area contributed by atoms with E-state index in [1.54, 1.807) is 0 Å². The molecule has 0 N–H and O–H groups in total. The standard InChI is InChI=1S/P4S2/c5-2-1-3(2)6-4(1)5. The van der Waals surface area contributed by atoms with Gasteiger partial charge in [-0.1, -0.05) is 21.1 Å². The molecular formula is P4S2. The van der Waals surface area contributed by atoms with Crippen LogP contribution < -0.4 is 0 Å². The zero-order chi connectivity index (χ0) is 3.72. The Morgan fingerprint density at radius 3 is 1.67 bits per heavy atom. The van der Waals surface area contributed by atoms with Crippen molar-refractivity contribution >= 4 is 44.6 Å². The predicted octanol–water partition coefficient (Wildman–Crippen LogP) is 4.69. The summed E-state index contributed by atoms with van der Waals surface area (Å²) >= 11 is 0. The Hall–Kier alpha value is 1.64. The van der Waals surface area contributed by atoms with Crippen LogP contribution in [-0.2, 0) is 0 Å². The maximum absolute atomic E-state index is 2.38. The molecule has 6 heavy (non-hydrogen) atoms. The van der Waals surface area contributed by atoms with E-state index in [1.807, 2.05) is 0 Å². The van der Waals surface area contributed by atoms with Crippen molar-refractivity contribution in [1.82, 2.24) is 0 Å². The monoisotopic (exact) mass is 188 g/mol. The van der Waals surface area contributed by atoms with E-state index in [0.717, 1.165) is 18.1 Å². The fraction of sp³-hybridized carbons (Fsp3) is 0. The Bertz CT molecular complexity index is 254. The highest BCUT2D eigenvalue weighted by Gasteiger charge is 2.25. The molecule has 0 aliphatic rings. The Kier molecular flexibility index (Phi) is 0.522. The van der Waals surface area contributed by atoms with Gasteiger partial charge in [0, 0.05) is 18.1 Å². The minimum atomic E-state index is 0.694. The molecule has 3 aromatic rings. The van der Waals surface area contributed by atoms with Crippen LogP contribution in [0.25, 0.3) is 0 Å². The van der Waals surface area contributed by atoms with Crippen molar-refractivity contribution in [3.8, 4) is 0 Å². The third kappa shape index (κ3) is 0.217. The van der Waals surface area contributed by atoms with E-state index >= 15 is 0 Å². The van der Waals surface area contributed by atoms with Gasteiger partial charge in [0.25, 0.3) is 0 Å². The molecular weight excluding hydrogens is 188 g/mol. The van der Waals surface area contributed by atoms with Crippen molar-refractivity contribution in [3.63, 3.8) is 0 Å². The SMILES string of the molecule is s1p2sp3p1p23. The zero-order valence-electron chi connectivity index (χ0n) is 2.61. The van der Waals surface area contributed by atoms with Crippen LogP contribution in [-0.4, -0.2) is 0 Å². The summed E-state index contributed by atoms with van der Waals surface area (Å²) < 4.78 is 0. The van der Waals surface area contributed by atoms with Gasteiger partial charge in [0.15, 0.2) is 0 Å². The van der Waals surface area contributed by atoms with Crippen LogP contribution in [0.5, 0.6) is 0 Å². The molecule has 2 unspecified atom stereocenters. The van der Waals surface area contributed by atoms with Crippen LogP contribution in [0.4, 0.5) is 0 Å². The normalized spacial score (nSPS) is 26.7. The molecule has 2 atom stereocenters. The lowest BCUT2D eigenvalue weighted by molar-refractivity contribution is 5.04. The van der Waals surface area contributed by atoms with Crippen LogP contribution in [0, 0.1) is 0 Å². The summed E-state index contributed by atoms with van der Waals surface area (Å²) in [5.41, 5.74) is 0. The van der Waals surface area contributed by atoms with Gasteiger partial charge in [0.2, 0.25) is 0 Å². The quantitative estimate of drug-likeness (QED) is 0.479. The van der Waals surface area contributed by atoms with Crippen molar-refractivity contribution in [1.29, 1.82) is 0 Å². The lowest BCUT2D eigenvalue weighted by Crippen LogP contribution is -1.02. The average molecular weight is 188 g/mol. The molecule has 3 heterocycles. The summed E-state index contributed by atoms with van der Waals surface area (Å²) in [6, 6.07) is 0. The molecule has 3 aromatic heterocycles. The minimum Gasteiger partial charge on any atom is -0.0736 e. The largest absolute Gasteiger partial charge is 0.0736 e. The summed E-state index contributed by atoms with van der Waals surface area (Å²) in [4.78, 5) is 0. The summed E-state index contributed by atoms with van der Waals surface area (Å²) in [6.45, 7) is 0. The summed E-state index contributed by atoms with van der Waals surface area (Å²) in [7, 11) is 4.76. The molecule has 0 aliphatic carbocycles. The summed E-state index contributed by atoms with van der Waals surface area (Å²) in [6.07, 6.45) is 0.905. The van der Waals surface area contributed by atoms with Gasteiger partial charge >= 0.3 is 0 Å². The number of hydrogen-bond donors (Lipinski definition) is 0. The molecule has 3 rings (SSSR count). The first kappa shape index (κ1) is 3.62. The molecule has 0 amide bonds. The van der Waals surface area contributed by atoms with Crippen LogP contribution in [0.1, 0.15) is 0 Å². The van der Waals surface area contributed by atoms with E-state index in [9.17, 15) is 0 Å². The molecule has 32 valence electrons.